The van der Waals surface area contributed by atoms with Crippen molar-refractivity contribution < 1.29 is 23.8 Å². The minimum Gasteiger partial charge on any atom is -0.480 e. The van der Waals surface area contributed by atoms with Gasteiger partial charge in [0, 0.05) is 33.2 Å². The molecule has 2 N–H and O–H groups in total. The summed E-state index contributed by atoms with van der Waals surface area (Å²) in [6.45, 7) is -0.00648. The number of fused-ring (bicyclic) bond motifs is 3. The molecule has 2 aromatic carbocycles. The van der Waals surface area contributed by atoms with E-state index in [9.17, 15) is 19.1 Å². The van der Waals surface area contributed by atoms with E-state index in [4.69, 9.17) is 16.3 Å². The Balaban J connectivity index is 1.42. The van der Waals surface area contributed by atoms with Crippen LogP contribution in [0.2, 0.25) is 5.02 Å². The van der Waals surface area contributed by atoms with Gasteiger partial charge < -0.3 is 19.7 Å². The molecule has 0 saturated heterocycles. The average Bonchev–Trinajstić information content (AvgIpc) is 3.03. The van der Waals surface area contributed by atoms with Crippen molar-refractivity contribution in [3.63, 3.8) is 0 Å². The Hall–Kier alpha value is -2.90. The lowest BCUT2D eigenvalue weighted by Gasteiger charge is -2.24. The fourth-order valence-corrected chi connectivity index (χ4v) is 4.35. The zero-order valence-electron chi connectivity index (χ0n) is 16.7. The van der Waals surface area contributed by atoms with E-state index in [-0.39, 0.29) is 37.5 Å². The number of carbonyl (C=O) groups is 2. The summed E-state index contributed by atoms with van der Waals surface area (Å²) in [6.07, 6.45) is 1.97. The van der Waals surface area contributed by atoms with E-state index in [2.05, 4.69) is 5.32 Å². The topological polar surface area (TPSA) is 80.6 Å². The minimum absolute atomic E-state index is 0.00695. The molecule has 4 rings (SSSR count). The second kappa shape index (κ2) is 9.08. The van der Waals surface area contributed by atoms with Crippen molar-refractivity contribution in [2.45, 2.75) is 38.5 Å². The van der Waals surface area contributed by atoms with Gasteiger partial charge in [-0.05, 0) is 49.1 Å². The van der Waals surface area contributed by atoms with Gasteiger partial charge in [-0.15, -0.1) is 0 Å². The third-order valence-electron chi connectivity index (χ3n) is 5.60. The minimum atomic E-state index is -0.939. The smallest absolute Gasteiger partial charge is 0.323 e. The number of hydrogen-bond donors (Lipinski definition) is 2. The number of nitrogens with one attached hydrogen (secondary N) is 1. The number of halogens is 2. The Morgan fingerprint density at radius 2 is 2.06 bits per heavy atom. The van der Waals surface area contributed by atoms with Crippen LogP contribution in [0.15, 0.2) is 42.5 Å². The molecule has 1 heterocycles. The summed E-state index contributed by atoms with van der Waals surface area (Å²) < 4.78 is 20.9. The molecular weight excluding hydrogens is 423 g/mol. The molecule has 0 amide bonds. The molecule has 162 valence electrons. The van der Waals surface area contributed by atoms with Gasteiger partial charge >= 0.3 is 11.9 Å². The monoisotopic (exact) mass is 444 g/mol. The number of aliphatic carboxylic acids is 1. The van der Waals surface area contributed by atoms with Gasteiger partial charge in [-0.3, -0.25) is 9.59 Å². The van der Waals surface area contributed by atoms with Gasteiger partial charge in [0.05, 0.1) is 6.54 Å². The molecule has 0 fully saturated rings. The summed E-state index contributed by atoms with van der Waals surface area (Å²) in [5.41, 5.74) is 3.31. The normalized spacial score (nSPS) is 15.6. The molecular formula is C23H22ClFN2O4. The van der Waals surface area contributed by atoms with Gasteiger partial charge in [0.1, 0.15) is 19.0 Å². The molecule has 6 nitrogen and oxygen atoms in total. The Morgan fingerprint density at radius 3 is 2.84 bits per heavy atom. The van der Waals surface area contributed by atoms with E-state index < -0.39 is 5.97 Å². The number of esters is 1. The maximum Gasteiger partial charge on any atom is 0.323 e. The van der Waals surface area contributed by atoms with Crippen LogP contribution >= 0.6 is 11.6 Å². The van der Waals surface area contributed by atoms with E-state index in [1.165, 1.54) is 12.1 Å². The molecule has 0 aliphatic heterocycles. The molecule has 0 spiro atoms. The second-order valence-electron chi connectivity index (χ2n) is 7.64. The highest BCUT2D eigenvalue weighted by Gasteiger charge is 2.26. The summed E-state index contributed by atoms with van der Waals surface area (Å²) in [6, 6.07) is 11.6. The van der Waals surface area contributed by atoms with Crippen LogP contribution in [-0.4, -0.2) is 34.2 Å². The van der Waals surface area contributed by atoms with E-state index in [1.54, 1.807) is 22.8 Å². The van der Waals surface area contributed by atoms with E-state index in [1.807, 2.05) is 12.1 Å². The summed E-state index contributed by atoms with van der Waals surface area (Å²) in [5, 5.41) is 13.8. The third-order valence-corrected chi connectivity index (χ3v) is 5.97. The molecule has 1 aromatic heterocycles. The van der Waals surface area contributed by atoms with E-state index in [0.29, 0.717) is 23.4 Å². The number of nitrogens with zero attached hydrogens (tertiary/aromatic N) is 1. The van der Waals surface area contributed by atoms with E-state index >= 15 is 0 Å². The first kappa shape index (κ1) is 21.3. The van der Waals surface area contributed by atoms with Crippen LogP contribution in [0.3, 0.4) is 0 Å². The van der Waals surface area contributed by atoms with Crippen LogP contribution < -0.4 is 5.32 Å². The molecule has 0 radical (unpaired) electrons. The third kappa shape index (κ3) is 4.73. The molecule has 1 atom stereocenters. The first-order chi connectivity index (χ1) is 14.9. The molecule has 1 aliphatic carbocycles. The van der Waals surface area contributed by atoms with Crippen molar-refractivity contribution in [1.82, 2.24) is 9.88 Å². The lowest BCUT2D eigenvalue weighted by atomic mass is 9.91. The predicted octanol–water partition coefficient (Wildman–Crippen LogP) is 3.71. The zero-order chi connectivity index (χ0) is 22.0. The highest BCUT2D eigenvalue weighted by molar-refractivity contribution is 6.31. The lowest BCUT2D eigenvalue weighted by Crippen LogP contribution is -2.38. The van der Waals surface area contributed by atoms with Gasteiger partial charge in [-0.25, -0.2) is 4.39 Å². The Kier molecular flexibility index (Phi) is 6.25. The van der Waals surface area contributed by atoms with Crippen molar-refractivity contribution in [2.24, 2.45) is 0 Å². The Morgan fingerprint density at radius 1 is 1.26 bits per heavy atom. The first-order valence-corrected chi connectivity index (χ1v) is 10.4. The average molecular weight is 445 g/mol. The summed E-state index contributed by atoms with van der Waals surface area (Å²) in [7, 11) is 0. The van der Waals surface area contributed by atoms with E-state index in [0.717, 1.165) is 28.6 Å². The van der Waals surface area contributed by atoms with Crippen molar-refractivity contribution in [3.05, 3.63) is 70.1 Å². The second-order valence-corrected chi connectivity index (χ2v) is 8.05. The Bertz CT molecular complexity index is 1140. The Labute approximate surface area is 183 Å². The summed E-state index contributed by atoms with van der Waals surface area (Å²) in [5.74, 6) is -1.68. The van der Waals surface area contributed by atoms with Crippen molar-refractivity contribution in [3.8, 4) is 0 Å². The maximum absolute atomic E-state index is 13.9. The maximum atomic E-state index is 13.9. The number of aromatic nitrogens is 1. The number of rotatable bonds is 7. The molecule has 8 heteroatoms. The van der Waals surface area contributed by atoms with Crippen molar-refractivity contribution in [1.29, 1.82) is 0 Å². The number of carbonyl (C=O) groups excluding carboxylic acids is 1. The van der Waals surface area contributed by atoms with Crippen LogP contribution in [0.5, 0.6) is 0 Å². The highest BCUT2D eigenvalue weighted by atomic mass is 35.5. The van der Waals surface area contributed by atoms with Gasteiger partial charge in [0.15, 0.2) is 0 Å². The van der Waals surface area contributed by atoms with Gasteiger partial charge in [-0.1, -0.05) is 29.8 Å². The van der Waals surface area contributed by atoms with Gasteiger partial charge in [0.25, 0.3) is 0 Å². The lowest BCUT2D eigenvalue weighted by molar-refractivity contribution is -0.144. The van der Waals surface area contributed by atoms with Crippen LogP contribution in [0.4, 0.5) is 4.39 Å². The largest absolute Gasteiger partial charge is 0.480 e. The SMILES string of the molecule is O=C(O)Cn1c2c(c3cc(F)ccc31)C[C@@H](NCC(=O)OCc1ccccc1Cl)CC2. The number of hydrogen-bond acceptors (Lipinski definition) is 4. The van der Waals surface area contributed by atoms with Crippen molar-refractivity contribution >= 4 is 34.4 Å². The van der Waals surface area contributed by atoms with Crippen molar-refractivity contribution in [2.75, 3.05) is 6.54 Å². The zero-order valence-corrected chi connectivity index (χ0v) is 17.5. The first-order valence-electron chi connectivity index (χ1n) is 10.1. The van der Waals surface area contributed by atoms with Crippen LogP contribution in [0.1, 0.15) is 23.2 Å². The number of ether oxygens (including phenoxy) is 1. The summed E-state index contributed by atoms with van der Waals surface area (Å²) in [4.78, 5) is 23.5. The predicted molar refractivity (Wildman–Crippen MR) is 115 cm³/mol. The fourth-order valence-electron chi connectivity index (χ4n) is 4.16. The molecule has 3 aromatic rings. The van der Waals surface area contributed by atoms with Crippen LogP contribution in [0.25, 0.3) is 10.9 Å². The standard InChI is InChI=1S/C23H22ClFN2O4/c24-19-4-2-1-3-14(19)13-31-23(30)11-26-16-6-8-21-18(10-16)17-9-15(25)5-7-20(17)27(21)12-22(28)29/h1-5,7,9,16,26H,6,8,10-13H2,(H,28,29)/t16-/m0/s1. The highest BCUT2D eigenvalue weighted by Crippen LogP contribution is 2.33. The van der Waals surface area contributed by atoms with Gasteiger partial charge in [0.2, 0.25) is 0 Å². The van der Waals surface area contributed by atoms with Gasteiger partial charge in [-0.2, -0.15) is 0 Å². The number of carboxylic acids is 1. The molecule has 31 heavy (non-hydrogen) atoms. The summed E-state index contributed by atoms with van der Waals surface area (Å²) >= 11 is 6.07. The number of benzene rings is 2. The van der Waals surface area contributed by atoms with Crippen LogP contribution in [-0.2, 0) is 40.3 Å². The molecule has 0 bridgehead atoms. The molecule has 0 unspecified atom stereocenters. The fraction of sp³-hybridized carbons (Fsp3) is 0.304. The molecule has 0 saturated carbocycles. The quantitative estimate of drug-likeness (QED) is 0.543. The van der Waals surface area contributed by atoms with Crippen LogP contribution in [0, 0.1) is 5.82 Å². The molecule has 1 aliphatic rings. The number of carboxylic acid groups (broad SMARTS) is 1.